The third kappa shape index (κ3) is 3.09. The van der Waals surface area contributed by atoms with Gasteiger partial charge in [0, 0.05) is 19.5 Å². The van der Waals surface area contributed by atoms with Gasteiger partial charge in [-0.05, 0) is 31.2 Å². The second-order valence-electron chi connectivity index (χ2n) is 6.41. The van der Waals surface area contributed by atoms with Crippen molar-refractivity contribution in [1.82, 2.24) is 15.1 Å². The molecule has 6 heteroatoms. The number of morpholine rings is 1. The summed E-state index contributed by atoms with van der Waals surface area (Å²) in [5.41, 5.74) is 2.42. The van der Waals surface area contributed by atoms with Gasteiger partial charge >= 0.3 is 0 Å². The molecule has 6 nitrogen and oxygen atoms in total. The number of hydrogen-bond donors (Lipinski definition) is 0. The highest BCUT2D eigenvalue weighted by atomic mass is 16.5. The number of fused-ring (bicyclic) bond motifs is 1. The van der Waals surface area contributed by atoms with Crippen molar-refractivity contribution in [2.75, 3.05) is 26.7 Å². The molecule has 2 aromatic rings. The Morgan fingerprint density at radius 2 is 2.17 bits per heavy atom. The lowest BCUT2D eigenvalue weighted by molar-refractivity contribution is -0.0825. The van der Waals surface area contributed by atoms with Crippen LogP contribution in [0.25, 0.3) is 0 Å². The zero-order valence-corrected chi connectivity index (χ0v) is 13.5. The van der Waals surface area contributed by atoms with E-state index in [4.69, 9.17) is 13.9 Å². The highest BCUT2D eigenvalue weighted by Gasteiger charge is 2.28. The van der Waals surface area contributed by atoms with Crippen LogP contribution in [-0.2, 0) is 17.6 Å². The van der Waals surface area contributed by atoms with E-state index in [1.165, 1.54) is 11.1 Å². The number of nitrogens with zero attached hydrogens (tertiary/aromatic N) is 3. The van der Waals surface area contributed by atoms with Crippen LogP contribution in [0.2, 0.25) is 0 Å². The van der Waals surface area contributed by atoms with Gasteiger partial charge in [0.25, 0.3) is 0 Å². The second-order valence-corrected chi connectivity index (χ2v) is 6.41. The van der Waals surface area contributed by atoms with E-state index >= 15 is 0 Å². The molecular formula is C17H21N3O3. The summed E-state index contributed by atoms with van der Waals surface area (Å²) in [5, 5.41) is 8.37. The minimum absolute atomic E-state index is 0.140. The Hall–Kier alpha value is -1.92. The van der Waals surface area contributed by atoms with Crippen LogP contribution in [0.1, 0.15) is 35.9 Å². The molecule has 0 saturated carbocycles. The van der Waals surface area contributed by atoms with Crippen molar-refractivity contribution in [3.63, 3.8) is 0 Å². The van der Waals surface area contributed by atoms with Gasteiger partial charge in [-0.25, -0.2) is 0 Å². The second kappa shape index (κ2) is 5.94. The fourth-order valence-electron chi connectivity index (χ4n) is 3.29. The van der Waals surface area contributed by atoms with Crippen molar-refractivity contribution in [2.24, 2.45) is 0 Å². The maximum absolute atomic E-state index is 5.91. The topological polar surface area (TPSA) is 60.6 Å². The lowest BCUT2D eigenvalue weighted by Gasteiger charge is -2.32. The molecule has 0 spiro atoms. The molecule has 1 aromatic carbocycles. The lowest BCUT2D eigenvalue weighted by atomic mass is 10.1. The Labute approximate surface area is 135 Å². The molecule has 122 valence electrons. The van der Waals surface area contributed by atoms with E-state index in [0.29, 0.717) is 18.2 Å². The van der Waals surface area contributed by atoms with Gasteiger partial charge in [0.1, 0.15) is 11.9 Å². The Kier molecular flexibility index (Phi) is 3.79. The van der Waals surface area contributed by atoms with Gasteiger partial charge < -0.3 is 18.8 Å². The molecule has 0 amide bonds. The average Bonchev–Trinajstić information content (AvgIpc) is 3.14. The first kappa shape index (κ1) is 14.7. The zero-order chi connectivity index (χ0) is 15.8. The zero-order valence-electron chi connectivity index (χ0n) is 13.5. The summed E-state index contributed by atoms with van der Waals surface area (Å²) in [5.74, 6) is 2.19. The van der Waals surface area contributed by atoms with Crippen molar-refractivity contribution >= 4 is 0 Å². The number of likely N-dealkylation sites (N-methyl/N-ethyl adjacent to an activating group) is 1. The Morgan fingerprint density at radius 3 is 3.04 bits per heavy atom. The van der Waals surface area contributed by atoms with Crippen molar-refractivity contribution in [3.05, 3.63) is 41.1 Å². The van der Waals surface area contributed by atoms with Gasteiger partial charge in [0.05, 0.1) is 19.1 Å². The highest BCUT2D eigenvalue weighted by Crippen LogP contribution is 2.27. The smallest absolute Gasteiger partial charge is 0.246 e. The van der Waals surface area contributed by atoms with Crippen LogP contribution in [0.3, 0.4) is 0 Å². The molecule has 3 heterocycles. The lowest BCUT2D eigenvalue weighted by Crippen LogP contribution is -2.40. The Balaban J connectivity index is 1.47. The average molecular weight is 315 g/mol. The van der Waals surface area contributed by atoms with Gasteiger partial charge in [-0.2, -0.15) is 0 Å². The van der Waals surface area contributed by atoms with E-state index < -0.39 is 0 Å². The minimum Gasteiger partial charge on any atom is -0.493 e. The summed E-state index contributed by atoms with van der Waals surface area (Å²) >= 11 is 0. The predicted molar refractivity (Wildman–Crippen MR) is 83.5 cm³/mol. The van der Waals surface area contributed by atoms with E-state index in [-0.39, 0.29) is 12.2 Å². The van der Waals surface area contributed by atoms with Gasteiger partial charge in [-0.1, -0.05) is 12.1 Å². The molecule has 2 atom stereocenters. The van der Waals surface area contributed by atoms with Crippen LogP contribution >= 0.6 is 0 Å². The van der Waals surface area contributed by atoms with Gasteiger partial charge in [-0.3, -0.25) is 0 Å². The molecule has 2 aliphatic rings. The fraction of sp³-hybridized carbons (Fsp3) is 0.529. The van der Waals surface area contributed by atoms with E-state index in [9.17, 15) is 0 Å². The largest absolute Gasteiger partial charge is 0.493 e. The quantitative estimate of drug-likeness (QED) is 0.863. The molecule has 1 fully saturated rings. The summed E-state index contributed by atoms with van der Waals surface area (Å²) < 4.78 is 17.3. The number of aromatic nitrogens is 2. The molecule has 2 aliphatic heterocycles. The van der Waals surface area contributed by atoms with E-state index in [1.807, 2.05) is 6.07 Å². The third-order valence-electron chi connectivity index (χ3n) is 4.31. The summed E-state index contributed by atoms with van der Waals surface area (Å²) in [6.07, 6.45) is 1.64. The number of rotatable bonds is 3. The number of ether oxygens (including phenoxy) is 2. The van der Waals surface area contributed by atoms with Crippen LogP contribution in [0.15, 0.2) is 22.6 Å². The highest BCUT2D eigenvalue weighted by molar-refractivity contribution is 5.40. The van der Waals surface area contributed by atoms with E-state index in [0.717, 1.165) is 31.9 Å². The van der Waals surface area contributed by atoms with Gasteiger partial charge in [0.2, 0.25) is 11.8 Å². The van der Waals surface area contributed by atoms with Crippen LogP contribution in [0.5, 0.6) is 5.75 Å². The monoisotopic (exact) mass is 315 g/mol. The molecule has 0 aliphatic carbocycles. The fourth-order valence-corrected chi connectivity index (χ4v) is 3.29. The van der Waals surface area contributed by atoms with Crippen molar-refractivity contribution in [3.8, 4) is 5.75 Å². The van der Waals surface area contributed by atoms with Crippen LogP contribution < -0.4 is 4.74 Å². The molecular weight excluding hydrogens is 294 g/mol. The summed E-state index contributed by atoms with van der Waals surface area (Å²) in [7, 11) is 2.08. The van der Waals surface area contributed by atoms with Crippen LogP contribution in [-0.4, -0.2) is 47.9 Å². The molecule has 0 unspecified atom stereocenters. The van der Waals surface area contributed by atoms with E-state index in [2.05, 4.69) is 41.2 Å². The first-order chi connectivity index (χ1) is 11.2. The summed E-state index contributed by atoms with van der Waals surface area (Å²) in [4.78, 5) is 2.23. The molecule has 0 radical (unpaired) electrons. The molecule has 0 N–H and O–H groups in total. The van der Waals surface area contributed by atoms with Crippen molar-refractivity contribution in [1.29, 1.82) is 0 Å². The van der Waals surface area contributed by atoms with Crippen LogP contribution in [0.4, 0.5) is 0 Å². The first-order valence-electron chi connectivity index (χ1n) is 8.08. The Bertz CT molecular complexity index is 690. The minimum atomic E-state index is -0.140. The predicted octanol–water partition coefficient (Wildman–Crippen LogP) is 1.99. The molecule has 0 bridgehead atoms. The number of hydrogen-bond acceptors (Lipinski definition) is 6. The number of benzene rings is 1. The molecule has 1 aromatic heterocycles. The van der Waals surface area contributed by atoms with Crippen molar-refractivity contribution in [2.45, 2.75) is 32.0 Å². The summed E-state index contributed by atoms with van der Waals surface area (Å²) in [6.45, 7) is 4.54. The van der Waals surface area contributed by atoms with Crippen LogP contribution in [0, 0.1) is 0 Å². The SMILES string of the molecule is C[C@@H]1CN(C)C[C@H](c2nnc(Cc3ccc4c(c3)CCO4)o2)O1. The van der Waals surface area contributed by atoms with Gasteiger partial charge in [0.15, 0.2) is 0 Å². The normalized spacial score (nSPS) is 24.4. The molecule has 23 heavy (non-hydrogen) atoms. The van der Waals surface area contributed by atoms with Gasteiger partial charge in [-0.15, -0.1) is 10.2 Å². The standard InChI is InChI=1S/C17H21N3O3/c1-11-9-20(2)10-15(22-11)17-19-18-16(23-17)8-12-3-4-14-13(7-12)5-6-21-14/h3-4,7,11,15H,5-6,8-10H2,1-2H3/t11-,15-/m1/s1. The van der Waals surface area contributed by atoms with Crippen molar-refractivity contribution < 1.29 is 13.9 Å². The molecule has 1 saturated heterocycles. The summed E-state index contributed by atoms with van der Waals surface area (Å²) in [6, 6.07) is 6.25. The molecule has 4 rings (SSSR count). The Morgan fingerprint density at radius 1 is 1.26 bits per heavy atom. The van der Waals surface area contributed by atoms with E-state index in [1.54, 1.807) is 0 Å². The first-order valence-corrected chi connectivity index (χ1v) is 8.08. The maximum Gasteiger partial charge on any atom is 0.246 e. The maximum atomic E-state index is 5.91. The third-order valence-corrected chi connectivity index (χ3v) is 4.31.